The Bertz CT molecular complexity index is 165. The second-order valence-corrected chi connectivity index (χ2v) is 3.26. The fourth-order valence-corrected chi connectivity index (χ4v) is 1.59. The molecule has 0 bridgehead atoms. The molecule has 0 heterocycles. The smallest absolute Gasteiger partial charge is 0.393 e. The van der Waals surface area contributed by atoms with Crippen molar-refractivity contribution in [3.05, 3.63) is 0 Å². The number of alkyl halides is 3. The maximum atomic E-state index is 12.4. The predicted octanol–water partition coefficient (Wildman–Crippen LogP) is 1.67. The maximum Gasteiger partial charge on any atom is 0.396 e. The molecule has 1 aliphatic carbocycles. The molecule has 1 atom stereocenters. The summed E-state index contributed by atoms with van der Waals surface area (Å²) in [5, 5.41) is 9.12. The normalized spacial score (nSPS) is 24.7. The molecule has 1 saturated carbocycles. The summed E-state index contributed by atoms with van der Waals surface area (Å²) in [6.45, 7) is 0. The Labute approximate surface area is 70.4 Å². The summed E-state index contributed by atoms with van der Waals surface area (Å²) in [5.41, 5.74) is -1.90. The standard InChI is InChI=1S/C7H10BF3O/c8-4-5(12)6(2-1-3-6)7(9,10)11/h5,12H,1-4H2. The summed E-state index contributed by atoms with van der Waals surface area (Å²) in [5.74, 6) is 0. The number of rotatable bonds is 2. The van der Waals surface area contributed by atoms with Crippen LogP contribution in [0.1, 0.15) is 19.3 Å². The van der Waals surface area contributed by atoms with Crippen molar-refractivity contribution < 1.29 is 18.3 Å². The maximum absolute atomic E-state index is 12.4. The van der Waals surface area contributed by atoms with Gasteiger partial charge in [0, 0.05) is 0 Å². The first-order valence-corrected chi connectivity index (χ1v) is 3.89. The Balaban J connectivity index is 2.76. The Morgan fingerprint density at radius 3 is 2.00 bits per heavy atom. The third-order valence-electron chi connectivity index (χ3n) is 2.67. The molecule has 1 rings (SSSR count). The first-order valence-electron chi connectivity index (χ1n) is 3.89. The molecule has 1 fully saturated rings. The van der Waals surface area contributed by atoms with Gasteiger partial charge in [0.2, 0.25) is 0 Å². The molecule has 0 saturated heterocycles. The minimum Gasteiger partial charge on any atom is -0.393 e. The average Bonchev–Trinajstić information content (AvgIpc) is 1.81. The van der Waals surface area contributed by atoms with Gasteiger partial charge in [0.05, 0.1) is 19.4 Å². The summed E-state index contributed by atoms with van der Waals surface area (Å²) >= 11 is 0. The first kappa shape index (κ1) is 9.90. The molecule has 1 N–H and O–H groups in total. The van der Waals surface area contributed by atoms with Crippen LogP contribution in [-0.4, -0.2) is 25.2 Å². The van der Waals surface area contributed by atoms with E-state index in [2.05, 4.69) is 0 Å². The van der Waals surface area contributed by atoms with Crippen LogP contribution in [0.4, 0.5) is 13.2 Å². The molecule has 0 spiro atoms. The van der Waals surface area contributed by atoms with Gasteiger partial charge in [-0.2, -0.15) is 13.2 Å². The number of hydrogen-bond donors (Lipinski definition) is 1. The van der Waals surface area contributed by atoms with E-state index in [9.17, 15) is 13.2 Å². The quantitative estimate of drug-likeness (QED) is 0.637. The molecule has 0 aromatic heterocycles. The highest BCUT2D eigenvalue weighted by atomic mass is 19.4. The SMILES string of the molecule is [B]CC(O)C1(C(F)(F)F)CCC1. The molecule has 0 amide bonds. The summed E-state index contributed by atoms with van der Waals surface area (Å²) in [7, 11) is 5.01. The fourth-order valence-electron chi connectivity index (χ4n) is 1.59. The Hall–Kier alpha value is -0.185. The topological polar surface area (TPSA) is 20.2 Å². The summed E-state index contributed by atoms with van der Waals surface area (Å²) in [6, 6.07) is 0. The van der Waals surface area contributed by atoms with Crippen molar-refractivity contribution in [2.75, 3.05) is 0 Å². The predicted molar refractivity (Wildman–Crippen MR) is 38.9 cm³/mol. The summed E-state index contributed by atoms with van der Waals surface area (Å²) in [6.07, 6.45) is -5.53. The van der Waals surface area contributed by atoms with Crippen molar-refractivity contribution >= 4 is 7.85 Å². The van der Waals surface area contributed by atoms with Crippen molar-refractivity contribution in [2.24, 2.45) is 5.41 Å². The fraction of sp³-hybridized carbons (Fsp3) is 1.00. The molecule has 0 aromatic rings. The molecule has 2 radical (unpaired) electrons. The number of halogens is 3. The average molecular weight is 178 g/mol. The number of hydrogen-bond acceptors (Lipinski definition) is 1. The van der Waals surface area contributed by atoms with Crippen molar-refractivity contribution in [3.63, 3.8) is 0 Å². The number of aliphatic hydroxyl groups is 1. The zero-order chi connectivity index (χ0) is 9.41. The second-order valence-electron chi connectivity index (χ2n) is 3.26. The molecule has 0 aromatic carbocycles. The van der Waals surface area contributed by atoms with Gasteiger partial charge in [0.1, 0.15) is 0 Å². The van der Waals surface area contributed by atoms with Crippen molar-refractivity contribution in [1.82, 2.24) is 0 Å². The van der Waals surface area contributed by atoms with Gasteiger partial charge in [-0.15, -0.1) is 0 Å². The zero-order valence-corrected chi connectivity index (χ0v) is 6.56. The highest BCUT2D eigenvalue weighted by Gasteiger charge is 2.61. The lowest BCUT2D eigenvalue weighted by molar-refractivity contribution is -0.279. The molecule has 12 heavy (non-hydrogen) atoms. The van der Waals surface area contributed by atoms with E-state index in [-0.39, 0.29) is 19.2 Å². The van der Waals surface area contributed by atoms with E-state index < -0.39 is 17.7 Å². The summed E-state index contributed by atoms with van der Waals surface area (Å²) < 4.78 is 37.1. The van der Waals surface area contributed by atoms with Crippen LogP contribution in [0, 0.1) is 5.41 Å². The van der Waals surface area contributed by atoms with Crippen LogP contribution in [-0.2, 0) is 0 Å². The van der Waals surface area contributed by atoms with E-state index in [1.54, 1.807) is 0 Å². The van der Waals surface area contributed by atoms with Crippen molar-refractivity contribution in [2.45, 2.75) is 37.9 Å². The summed E-state index contributed by atoms with van der Waals surface area (Å²) in [4.78, 5) is 0. The van der Waals surface area contributed by atoms with Gasteiger partial charge >= 0.3 is 6.18 Å². The van der Waals surface area contributed by atoms with Gasteiger partial charge in [-0.05, 0) is 12.8 Å². The van der Waals surface area contributed by atoms with Crippen LogP contribution in [0.25, 0.3) is 0 Å². The van der Waals surface area contributed by atoms with Gasteiger partial charge in [0.25, 0.3) is 0 Å². The lowest BCUT2D eigenvalue weighted by Crippen LogP contribution is -2.52. The van der Waals surface area contributed by atoms with E-state index in [4.69, 9.17) is 13.0 Å². The van der Waals surface area contributed by atoms with Gasteiger partial charge in [-0.25, -0.2) is 0 Å². The largest absolute Gasteiger partial charge is 0.396 e. The Kier molecular flexibility index (Phi) is 2.43. The molecule has 1 aliphatic rings. The lowest BCUT2D eigenvalue weighted by atomic mass is 9.62. The first-order chi connectivity index (χ1) is 5.44. The minimum atomic E-state index is -4.32. The third kappa shape index (κ3) is 1.24. The van der Waals surface area contributed by atoms with Crippen LogP contribution >= 0.6 is 0 Å². The minimum absolute atomic E-state index is 0.00880. The lowest BCUT2D eigenvalue weighted by Gasteiger charge is -2.46. The zero-order valence-electron chi connectivity index (χ0n) is 6.56. The van der Waals surface area contributed by atoms with E-state index in [1.165, 1.54) is 0 Å². The third-order valence-corrected chi connectivity index (χ3v) is 2.67. The van der Waals surface area contributed by atoms with Crippen LogP contribution in [0.5, 0.6) is 0 Å². The van der Waals surface area contributed by atoms with E-state index in [1.807, 2.05) is 0 Å². The molecular weight excluding hydrogens is 168 g/mol. The van der Waals surface area contributed by atoms with Gasteiger partial charge < -0.3 is 5.11 Å². The van der Waals surface area contributed by atoms with Crippen molar-refractivity contribution in [3.8, 4) is 0 Å². The molecule has 1 unspecified atom stereocenters. The van der Waals surface area contributed by atoms with Crippen molar-refractivity contribution in [1.29, 1.82) is 0 Å². The molecular formula is C7H10BF3O. The van der Waals surface area contributed by atoms with Crippen LogP contribution < -0.4 is 0 Å². The van der Waals surface area contributed by atoms with Gasteiger partial charge in [-0.1, -0.05) is 12.7 Å². The van der Waals surface area contributed by atoms with Crippen LogP contribution in [0.2, 0.25) is 6.32 Å². The second kappa shape index (κ2) is 2.94. The monoisotopic (exact) mass is 178 g/mol. The Morgan fingerprint density at radius 2 is 1.92 bits per heavy atom. The van der Waals surface area contributed by atoms with Crippen LogP contribution in [0.15, 0.2) is 0 Å². The Morgan fingerprint density at radius 1 is 1.42 bits per heavy atom. The molecule has 0 aliphatic heterocycles. The van der Waals surface area contributed by atoms with E-state index in [0.717, 1.165) is 0 Å². The highest BCUT2D eigenvalue weighted by Crippen LogP contribution is 2.55. The molecule has 5 heteroatoms. The number of aliphatic hydroxyl groups excluding tert-OH is 1. The highest BCUT2D eigenvalue weighted by molar-refractivity contribution is 6.08. The van der Waals surface area contributed by atoms with Gasteiger partial charge in [0.15, 0.2) is 0 Å². The molecule has 68 valence electrons. The van der Waals surface area contributed by atoms with Crippen LogP contribution in [0.3, 0.4) is 0 Å². The van der Waals surface area contributed by atoms with E-state index in [0.29, 0.717) is 6.42 Å². The molecule has 1 nitrogen and oxygen atoms in total. The van der Waals surface area contributed by atoms with E-state index >= 15 is 0 Å². The van der Waals surface area contributed by atoms with Gasteiger partial charge in [-0.3, -0.25) is 0 Å².